The molecule has 1 unspecified atom stereocenters. The number of carbonyl (C=O) groups excluding carboxylic acids is 2. The van der Waals surface area contributed by atoms with Crippen molar-refractivity contribution < 1.29 is 23.9 Å². The molecule has 12 nitrogen and oxygen atoms in total. The summed E-state index contributed by atoms with van der Waals surface area (Å²) >= 11 is 6.05. The molecule has 0 radical (unpaired) electrons. The first-order valence-corrected chi connectivity index (χ1v) is 14.0. The van der Waals surface area contributed by atoms with Crippen molar-refractivity contribution in [2.45, 2.75) is 12.5 Å². The Morgan fingerprint density at radius 1 is 1.09 bits per heavy atom. The Hall–Kier alpha value is -5.69. The zero-order valence-electron chi connectivity index (χ0n) is 23.6. The first-order chi connectivity index (χ1) is 21.7. The third-order valence-electron chi connectivity index (χ3n) is 7.55. The Bertz CT molecular complexity index is 1960. The highest BCUT2D eigenvalue weighted by Crippen LogP contribution is 2.37. The molecule has 2 amide bonds. The maximum atomic E-state index is 15.2. The Morgan fingerprint density at radius 3 is 2.58 bits per heavy atom. The van der Waals surface area contributed by atoms with Gasteiger partial charge in [-0.25, -0.2) is 9.18 Å². The lowest BCUT2D eigenvalue weighted by Crippen LogP contribution is -2.45. The van der Waals surface area contributed by atoms with Crippen LogP contribution in [0.15, 0.2) is 79.3 Å². The molecule has 5 aromatic rings. The predicted octanol–water partition coefficient (Wildman–Crippen LogP) is 4.33. The average Bonchev–Trinajstić information content (AvgIpc) is 3.73. The second-order valence-electron chi connectivity index (χ2n) is 10.2. The molecule has 226 valence electrons. The van der Waals surface area contributed by atoms with Crippen LogP contribution in [0, 0.1) is 5.82 Å². The highest BCUT2D eigenvalue weighted by atomic mass is 35.5. The quantitative estimate of drug-likeness (QED) is 0.254. The van der Waals surface area contributed by atoms with E-state index in [-0.39, 0.29) is 28.4 Å². The van der Waals surface area contributed by atoms with Crippen LogP contribution in [0.5, 0.6) is 0 Å². The van der Waals surface area contributed by atoms with Gasteiger partial charge in [0.25, 0.3) is 5.91 Å². The number of nitrogens with one attached hydrogen (secondary N) is 1. The average molecular weight is 627 g/mol. The fraction of sp³-hybridized carbons (Fsp3) is 0.129. The molecule has 0 aliphatic carbocycles. The van der Waals surface area contributed by atoms with Crippen LogP contribution >= 0.6 is 11.6 Å². The first kappa shape index (κ1) is 29.4. The van der Waals surface area contributed by atoms with Gasteiger partial charge in [0.2, 0.25) is 5.91 Å². The van der Waals surface area contributed by atoms with Gasteiger partial charge in [0.05, 0.1) is 22.0 Å². The molecule has 0 fully saturated rings. The number of anilines is 1. The van der Waals surface area contributed by atoms with E-state index in [9.17, 15) is 19.5 Å². The van der Waals surface area contributed by atoms with Crippen LogP contribution in [0.4, 0.5) is 10.1 Å². The van der Waals surface area contributed by atoms with Crippen LogP contribution in [-0.2, 0) is 23.1 Å². The molecule has 45 heavy (non-hydrogen) atoms. The van der Waals surface area contributed by atoms with Crippen LogP contribution in [0.1, 0.15) is 33.1 Å². The molecule has 0 spiro atoms. The number of rotatable bonds is 7. The molecule has 0 bridgehead atoms. The number of tetrazole rings is 1. The second-order valence-corrected chi connectivity index (χ2v) is 10.6. The zero-order valence-corrected chi connectivity index (χ0v) is 24.4. The van der Waals surface area contributed by atoms with Gasteiger partial charge in [-0.3, -0.25) is 14.3 Å². The smallest absolute Gasteiger partial charge is 0.335 e. The molecule has 2 N–H and O–H groups in total. The van der Waals surface area contributed by atoms with E-state index in [1.807, 2.05) is 25.2 Å². The van der Waals surface area contributed by atoms with Crippen molar-refractivity contribution in [3.05, 3.63) is 112 Å². The fourth-order valence-corrected chi connectivity index (χ4v) is 5.58. The van der Waals surface area contributed by atoms with Gasteiger partial charge in [-0.2, -0.15) is 9.78 Å². The number of carbonyl (C=O) groups is 3. The number of nitrogens with zero attached hydrogens (tertiary/aromatic N) is 7. The van der Waals surface area contributed by atoms with Crippen molar-refractivity contribution in [2.24, 2.45) is 7.05 Å². The Labute approximate surface area is 260 Å². The van der Waals surface area contributed by atoms with Gasteiger partial charge in [-0.05, 0) is 76.5 Å². The van der Waals surface area contributed by atoms with Crippen LogP contribution in [0.25, 0.3) is 23.0 Å². The number of hydrogen-bond acceptors (Lipinski definition) is 7. The summed E-state index contributed by atoms with van der Waals surface area (Å²) in [6.45, 7) is 0.180. The number of benzene rings is 3. The topological polar surface area (TPSA) is 148 Å². The number of hydrogen-bond donors (Lipinski definition) is 2. The molecule has 1 aliphatic heterocycles. The van der Waals surface area contributed by atoms with Crippen molar-refractivity contribution >= 4 is 41.1 Å². The number of amides is 2. The number of aryl methyl sites for hydroxylation is 1. The van der Waals surface area contributed by atoms with Gasteiger partial charge >= 0.3 is 5.97 Å². The molecule has 3 aromatic carbocycles. The maximum Gasteiger partial charge on any atom is 0.335 e. The summed E-state index contributed by atoms with van der Waals surface area (Å²) in [6, 6.07) is 14.9. The molecular formula is C31H24ClFN8O4. The Kier molecular flexibility index (Phi) is 7.92. The minimum absolute atomic E-state index is 0.0152. The fourth-order valence-electron chi connectivity index (χ4n) is 5.41. The largest absolute Gasteiger partial charge is 0.478 e. The number of aromatic nitrogens is 6. The van der Waals surface area contributed by atoms with Crippen LogP contribution < -0.4 is 5.32 Å². The minimum atomic E-state index is -1.10. The molecule has 3 heterocycles. The van der Waals surface area contributed by atoms with Crippen LogP contribution in [0.3, 0.4) is 0 Å². The zero-order chi connectivity index (χ0) is 31.7. The van der Waals surface area contributed by atoms with Crippen molar-refractivity contribution in [3.63, 3.8) is 0 Å². The first-order valence-electron chi connectivity index (χ1n) is 13.7. The molecular weight excluding hydrogens is 603 g/mol. The van der Waals surface area contributed by atoms with E-state index >= 15 is 4.39 Å². The van der Waals surface area contributed by atoms with Crippen molar-refractivity contribution in [3.8, 4) is 16.9 Å². The number of aromatic carboxylic acids is 1. The molecule has 14 heteroatoms. The molecule has 1 aliphatic rings. The summed E-state index contributed by atoms with van der Waals surface area (Å²) in [5.41, 5.74) is 3.89. The normalized spacial score (nSPS) is 14.4. The van der Waals surface area contributed by atoms with E-state index in [4.69, 9.17) is 11.6 Å². The van der Waals surface area contributed by atoms with Gasteiger partial charge in [-0.1, -0.05) is 29.8 Å². The predicted molar refractivity (Wildman–Crippen MR) is 162 cm³/mol. The SMILES string of the molecule is Cn1nccc1-c1cccc2c1CCN(C(=O)C=Cc1c(-n3cnnn3)ccc(Cl)c1F)C2C(=O)Nc1ccc(C(=O)O)cc1. The molecule has 0 saturated heterocycles. The lowest BCUT2D eigenvalue weighted by molar-refractivity contribution is -0.135. The highest BCUT2D eigenvalue weighted by molar-refractivity contribution is 6.31. The molecule has 1 atom stereocenters. The van der Waals surface area contributed by atoms with Gasteiger partial charge in [0, 0.05) is 42.7 Å². The summed E-state index contributed by atoms with van der Waals surface area (Å²) in [7, 11) is 1.82. The third kappa shape index (κ3) is 5.68. The lowest BCUT2D eigenvalue weighted by Gasteiger charge is -2.36. The summed E-state index contributed by atoms with van der Waals surface area (Å²) in [5, 5.41) is 27.2. The summed E-state index contributed by atoms with van der Waals surface area (Å²) in [5.74, 6) is -2.92. The van der Waals surface area contributed by atoms with Crippen LogP contribution in [-0.4, -0.2) is 64.3 Å². The molecule has 6 rings (SSSR count). The standard InChI is InChI=1S/C31H24ClFN8O4/c1-39-25(13-15-35-39)21-3-2-4-22-20(21)14-16-40(29(22)30(43)36-19-7-5-18(6-8-19)31(44)45)27(42)12-9-23-26(41-17-34-37-38-41)11-10-24(32)28(23)33/h2-13,15,17,29H,14,16H2,1H3,(H,36,43)(H,44,45). The summed E-state index contributed by atoms with van der Waals surface area (Å²) in [6.07, 6.45) is 5.87. The lowest BCUT2D eigenvalue weighted by atomic mass is 9.87. The van der Waals surface area contributed by atoms with E-state index in [2.05, 4.69) is 25.9 Å². The maximum absolute atomic E-state index is 15.2. The highest BCUT2D eigenvalue weighted by Gasteiger charge is 2.36. The number of halogens is 2. The van der Waals surface area contributed by atoms with E-state index in [0.29, 0.717) is 17.7 Å². The summed E-state index contributed by atoms with van der Waals surface area (Å²) in [4.78, 5) is 40.5. The third-order valence-corrected chi connectivity index (χ3v) is 7.84. The monoisotopic (exact) mass is 626 g/mol. The van der Waals surface area contributed by atoms with Gasteiger partial charge in [0.1, 0.15) is 12.4 Å². The van der Waals surface area contributed by atoms with E-state index in [1.165, 1.54) is 64.5 Å². The van der Waals surface area contributed by atoms with Crippen molar-refractivity contribution in [2.75, 3.05) is 11.9 Å². The number of carboxylic acids is 1. The van der Waals surface area contributed by atoms with Gasteiger partial charge < -0.3 is 15.3 Å². The number of fused-ring (bicyclic) bond motifs is 1. The Balaban J connectivity index is 1.38. The summed E-state index contributed by atoms with van der Waals surface area (Å²) < 4.78 is 18.2. The van der Waals surface area contributed by atoms with Gasteiger partial charge in [-0.15, -0.1) is 5.10 Å². The van der Waals surface area contributed by atoms with Crippen molar-refractivity contribution in [1.82, 2.24) is 34.9 Å². The molecule has 0 saturated carbocycles. The Morgan fingerprint density at radius 2 is 1.89 bits per heavy atom. The second kappa shape index (κ2) is 12.1. The van der Waals surface area contributed by atoms with Crippen LogP contribution in [0.2, 0.25) is 5.02 Å². The van der Waals surface area contributed by atoms with E-state index in [0.717, 1.165) is 16.8 Å². The number of carboxylic acid groups (broad SMARTS) is 1. The minimum Gasteiger partial charge on any atom is -0.478 e. The molecule has 2 aromatic heterocycles. The van der Waals surface area contributed by atoms with Gasteiger partial charge in [0.15, 0.2) is 5.82 Å². The van der Waals surface area contributed by atoms with E-state index in [1.54, 1.807) is 16.9 Å². The van der Waals surface area contributed by atoms with Crippen molar-refractivity contribution in [1.29, 1.82) is 0 Å². The van der Waals surface area contributed by atoms with E-state index < -0.39 is 29.6 Å².